The van der Waals surface area contributed by atoms with Crippen LogP contribution in [-0.2, 0) is 21.2 Å². The summed E-state index contributed by atoms with van der Waals surface area (Å²) in [5.41, 5.74) is 1.33. The molecule has 0 radical (unpaired) electrons. The quantitative estimate of drug-likeness (QED) is 0.538. The molecule has 0 heterocycles. The molecule has 1 atom stereocenters. The number of halogens is 2. The Morgan fingerprint density at radius 3 is 2.31 bits per heavy atom. The van der Waals surface area contributed by atoms with Crippen LogP contribution in [0.5, 0.6) is 0 Å². The molecule has 8 heteroatoms. The summed E-state index contributed by atoms with van der Waals surface area (Å²) in [5, 5.41) is 2.73. The highest BCUT2D eigenvalue weighted by Gasteiger charge is 2.26. The van der Waals surface area contributed by atoms with Crippen molar-refractivity contribution in [1.29, 1.82) is 0 Å². The largest absolute Gasteiger partial charge is 0.325 e. The van der Waals surface area contributed by atoms with E-state index in [0.29, 0.717) is 5.69 Å². The average Bonchev–Trinajstić information content (AvgIpc) is 2.68. The second-order valence-corrected chi connectivity index (χ2v) is 8.95. The maximum atomic E-state index is 13.1. The molecule has 29 heavy (non-hydrogen) atoms. The molecule has 0 bridgehead atoms. The molecule has 0 unspecified atom stereocenters. The van der Waals surface area contributed by atoms with Crippen molar-refractivity contribution < 1.29 is 17.6 Å². The number of benzene rings is 3. The molecule has 0 fully saturated rings. The molecule has 3 aromatic carbocycles. The minimum Gasteiger partial charge on any atom is -0.325 e. The smallest absolute Gasteiger partial charge is 0.242 e. The fourth-order valence-corrected chi connectivity index (χ4v) is 4.30. The lowest BCUT2D eigenvalue weighted by Crippen LogP contribution is -2.45. The highest BCUT2D eigenvalue weighted by Crippen LogP contribution is 2.17. The van der Waals surface area contributed by atoms with Crippen molar-refractivity contribution in [3.63, 3.8) is 0 Å². The maximum Gasteiger partial charge on any atom is 0.242 e. The van der Waals surface area contributed by atoms with Crippen molar-refractivity contribution in [3.8, 4) is 0 Å². The Balaban J connectivity index is 1.85. The number of nitrogens with one attached hydrogen (secondary N) is 2. The van der Waals surface area contributed by atoms with Crippen molar-refractivity contribution in [3.05, 3.63) is 94.7 Å². The summed E-state index contributed by atoms with van der Waals surface area (Å²) >= 11 is 3.33. The number of carbonyl (C=O) groups is 1. The Morgan fingerprint density at radius 1 is 0.966 bits per heavy atom. The minimum absolute atomic E-state index is 0.118. The normalized spacial score (nSPS) is 12.3. The predicted octanol–water partition coefficient (Wildman–Crippen LogP) is 4.12. The van der Waals surface area contributed by atoms with E-state index in [-0.39, 0.29) is 11.3 Å². The second-order valence-electron chi connectivity index (χ2n) is 6.32. The molecule has 0 saturated heterocycles. The molecule has 0 aliphatic heterocycles. The summed E-state index contributed by atoms with van der Waals surface area (Å²) in [7, 11) is -4.03. The summed E-state index contributed by atoms with van der Waals surface area (Å²) in [4.78, 5) is 12.8. The van der Waals surface area contributed by atoms with E-state index >= 15 is 0 Å². The fraction of sp³-hybridized carbons (Fsp3) is 0.0952. The number of carbonyl (C=O) groups excluding carboxylic acids is 1. The molecule has 0 aliphatic rings. The molecule has 150 valence electrons. The molecule has 0 aliphatic carbocycles. The van der Waals surface area contributed by atoms with Gasteiger partial charge in [0.2, 0.25) is 15.9 Å². The van der Waals surface area contributed by atoms with Crippen LogP contribution in [0.1, 0.15) is 5.56 Å². The molecule has 0 aromatic heterocycles. The number of rotatable bonds is 7. The summed E-state index contributed by atoms with van der Waals surface area (Å²) in [5.74, 6) is -1.05. The van der Waals surface area contributed by atoms with Gasteiger partial charge in [0.05, 0.1) is 4.90 Å². The summed E-state index contributed by atoms with van der Waals surface area (Å²) in [6.45, 7) is 0. The first-order valence-electron chi connectivity index (χ1n) is 8.72. The molecule has 3 rings (SSSR count). The van der Waals surface area contributed by atoms with Gasteiger partial charge in [0.1, 0.15) is 11.9 Å². The molecule has 0 spiro atoms. The van der Waals surface area contributed by atoms with Crippen LogP contribution in [0.2, 0.25) is 0 Å². The van der Waals surface area contributed by atoms with E-state index in [1.54, 1.807) is 18.2 Å². The molecular formula is C21H18BrFN2O3S. The Kier molecular flexibility index (Phi) is 6.79. The number of anilines is 1. The van der Waals surface area contributed by atoms with E-state index in [0.717, 1.165) is 34.3 Å². The molecule has 2 N–H and O–H groups in total. The monoisotopic (exact) mass is 476 g/mol. The lowest BCUT2D eigenvalue weighted by Gasteiger charge is -2.19. The third-order valence-electron chi connectivity index (χ3n) is 4.11. The first-order valence-corrected chi connectivity index (χ1v) is 11.0. The van der Waals surface area contributed by atoms with Gasteiger partial charge in [0.25, 0.3) is 0 Å². The number of sulfonamides is 1. The molecular weight excluding hydrogens is 459 g/mol. The van der Waals surface area contributed by atoms with Gasteiger partial charge in [-0.3, -0.25) is 4.79 Å². The van der Waals surface area contributed by atoms with Gasteiger partial charge in [-0.2, -0.15) is 4.72 Å². The Bertz CT molecular complexity index is 1090. The van der Waals surface area contributed by atoms with Crippen LogP contribution in [0.25, 0.3) is 0 Å². The SMILES string of the molecule is O=C(Nc1cccc(Br)c1)[C@H](Cc1ccccc1)NS(=O)(=O)c1ccc(F)cc1. The topological polar surface area (TPSA) is 75.3 Å². The lowest BCUT2D eigenvalue weighted by atomic mass is 10.1. The zero-order valence-electron chi connectivity index (χ0n) is 15.2. The summed E-state index contributed by atoms with van der Waals surface area (Å²) < 4.78 is 41.8. The van der Waals surface area contributed by atoms with E-state index in [9.17, 15) is 17.6 Å². The number of amides is 1. The van der Waals surface area contributed by atoms with Gasteiger partial charge in [-0.1, -0.05) is 52.3 Å². The summed E-state index contributed by atoms with van der Waals surface area (Å²) in [6, 6.07) is 19.4. The number of hydrogen-bond acceptors (Lipinski definition) is 3. The third-order valence-corrected chi connectivity index (χ3v) is 6.09. The van der Waals surface area contributed by atoms with Crippen molar-refractivity contribution in [1.82, 2.24) is 4.72 Å². The van der Waals surface area contributed by atoms with E-state index in [2.05, 4.69) is 26.0 Å². The van der Waals surface area contributed by atoms with Crippen LogP contribution in [0.4, 0.5) is 10.1 Å². The van der Waals surface area contributed by atoms with Crippen LogP contribution in [0, 0.1) is 5.82 Å². The Hall–Kier alpha value is -2.55. The van der Waals surface area contributed by atoms with Crippen molar-refractivity contribution in [2.75, 3.05) is 5.32 Å². The molecule has 1 amide bonds. The number of hydrogen-bond donors (Lipinski definition) is 2. The minimum atomic E-state index is -4.03. The maximum absolute atomic E-state index is 13.1. The highest BCUT2D eigenvalue weighted by molar-refractivity contribution is 9.10. The van der Waals surface area contributed by atoms with E-state index in [1.165, 1.54) is 0 Å². The van der Waals surface area contributed by atoms with Crippen molar-refractivity contribution in [2.45, 2.75) is 17.4 Å². The van der Waals surface area contributed by atoms with Crippen LogP contribution >= 0.6 is 15.9 Å². The van der Waals surface area contributed by atoms with Gasteiger partial charge in [-0.25, -0.2) is 12.8 Å². The zero-order valence-corrected chi connectivity index (χ0v) is 17.6. The van der Waals surface area contributed by atoms with Gasteiger partial charge in [-0.05, 0) is 54.4 Å². The van der Waals surface area contributed by atoms with E-state index in [1.807, 2.05) is 36.4 Å². The molecule has 0 saturated carbocycles. The van der Waals surface area contributed by atoms with E-state index in [4.69, 9.17) is 0 Å². The average molecular weight is 477 g/mol. The van der Waals surface area contributed by atoms with Gasteiger partial charge in [0.15, 0.2) is 0 Å². The van der Waals surface area contributed by atoms with Gasteiger partial charge in [0, 0.05) is 10.2 Å². The van der Waals surface area contributed by atoms with Gasteiger partial charge in [-0.15, -0.1) is 0 Å². The van der Waals surface area contributed by atoms with E-state index < -0.39 is 27.8 Å². The van der Waals surface area contributed by atoms with Crippen molar-refractivity contribution >= 4 is 37.5 Å². The zero-order chi connectivity index (χ0) is 20.9. The second kappa shape index (κ2) is 9.30. The van der Waals surface area contributed by atoms with Gasteiger partial charge < -0.3 is 5.32 Å². The molecule has 5 nitrogen and oxygen atoms in total. The Labute approximate surface area is 177 Å². The van der Waals surface area contributed by atoms with Crippen LogP contribution in [0.3, 0.4) is 0 Å². The lowest BCUT2D eigenvalue weighted by molar-refractivity contribution is -0.117. The highest BCUT2D eigenvalue weighted by atomic mass is 79.9. The molecule has 3 aromatic rings. The predicted molar refractivity (Wildman–Crippen MR) is 113 cm³/mol. The Morgan fingerprint density at radius 2 is 1.66 bits per heavy atom. The van der Waals surface area contributed by atoms with Crippen LogP contribution < -0.4 is 10.0 Å². The first kappa shape index (κ1) is 21.2. The van der Waals surface area contributed by atoms with Crippen LogP contribution in [-0.4, -0.2) is 20.4 Å². The third kappa shape index (κ3) is 5.96. The fourth-order valence-electron chi connectivity index (χ4n) is 2.70. The summed E-state index contributed by atoms with van der Waals surface area (Å²) in [6.07, 6.45) is 0.154. The van der Waals surface area contributed by atoms with Gasteiger partial charge >= 0.3 is 0 Å². The van der Waals surface area contributed by atoms with Crippen LogP contribution in [0.15, 0.2) is 88.2 Å². The first-order chi connectivity index (χ1) is 13.8. The van der Waals surface area contributed by atoms with Crippen molar-refractivity contribution in [2.24, 2.45) is 0 Å². The standard InChI is InChI=1S/C21H18BrFN2O3S/c22-16-7-4-8-18(14-16)24-21(26)20(13-15-5-2-1-3-6-15)25-29(27,28)19-11-9-17(23)10-12-19/h1-12,14,20,25H,13H2,(H,24,26)/t20-/m0/s1.